The quantitative estimate of drug-likeness (QED) is 0.789. The van der Waals surface area contributed by atoms with Crippen molar-refractivity contribution in [2.24, 2.45) is 5.92 Å². The number of hydrogen-bond donors (Lipinski definition) is 2. The predicted octanol–water partition coefficient (Wildman–Crippen LogP) is 3.60. The van der Waals surface area contributed by atoms with Gasteiger partial charge in [-0.05, 0) is 43.0 Å². The summed E-state index contributed by atoms with van der Waals surface area (Å²) >= 11 is 6.05. The Kier molecular flexibility index (Phi) is 6.43. The van der Waals surface area contributed by atoms with Crippen molar-refractivity contribution in [2.45, 2.75) is 33.2 Å². The van der Waals surface area contributed by atoms with Crippen LogP contribution in [0.4, 0.5) is 0 Å². The molecule has 1 rings (SSSR count). The number of carboxylic acids is 1. The van der Waals surface area contributed by atoms with Gasteiger partial charge in [-0.1, -0.05) is 31.5 Å². The topological polar surface area (TPSA) is 66.4 Å². The standard InChI is InChI=1S/C16H20ClNO3/c1-10(2)8-11(3)18-16(21)13-5-4-12(14(17)9-13)6-7-15(19)20/h4-7,9-11H,8H2,1-3H3,(H,18,21)(H,19,20)/b7-6+. The van der Waals surface area contributed by atoms with Gasteiger partial charge >= 0.3 is 5.97 Å². The lowest BCUT2D eigenvalue weighted by atomic mass is 10.0. The first-order valence-corrected chi connectivity index (χ1v) is 7.18. The van der Waals surface area contributed by atoms with Crippen LogP contribution >= 0.6 is 11.6 Å². The molecular formula is C16H20ClNO3. The van der Waals surface area contributed by atoms with E-state index in [1.165, 1.54) is 6.08 Å². The zero-order valence-corrected chi connectivity index (χ0v) is 13.1. The number of rotatable bonds is 6. The summed E-state index contributed by atoms with van der Waals surface area (Å²) in [7, 11) is 0. The molecule has 0 aromatic heterocycles. The second-order valence-corrected chi connectivity index (χ2v) is 5.82. The lowest BCUT2D eigenvalue weighted by Crippen LogP contribution is -2.33. The van der Waals surface area contributed by atoms with Crippen LogP contribution in [0.25, 0.3) is 6.08 Å². The Morgan fingerprint density at radius 3 is 2.52 bits per heavy atom. The summed E-state index contributed by atoms with van der Waals surface area (Å²) in [6.07, 6.45) is 3.30. The van der Waals surface area contributed by atoms with Gasteiger partial charge in [0.25, 0.3) is 5.91 Å². The molecule has 2 N–H and O–H groups in total. The predicted molar refractivity (Wildman–Crippen MR) is 84.5 cm³/mol. The number of carbonyl (C=O) groups excluding carboxylic acids is 1. The molecule has 0 saturated carbocycles. The van der Waals surface area contributed by atoms with Gasteiger partial charge in [-0.3, -0.25) is 4.79 Å². The maximum absolute atomic E-state index is 12.1. The molecule has 5 heteroatoms. The monoisotopic (exact) mass is 309 g/mol. The fourth-order valence-electron chi connectivity index (χ4n) is 2.04. The molecule has 0 heterocycles. The molecule has 0 spiro atoms. The van der Waals surface area contributed by atoms with Gasteiger partial charge in [-0.2, -0.15) is 0 Å². The number of nitrogens with one attached hydrogen (secondary N) is 1. The van der Waals surface area contributed by atoms with Gasteiger partial charge in [0.1, 0.15) is 0 Å². The van der Waals surface area contributed by atoms with Crippen LogP contribution in [0.15, 0.2) is 24.3 Å². The first kappa shape index (κ1) is 17.2. The number of aliphatic carboxylic acids is 1. The van der Waals surface area contributed by atoms with E-state index >= 15 is 0 Å². The Balaban J connectivity index is 2.79. The highest BCUT2D eigenvalue weighted by Gasteiger charge is 2.12. The molecule has 21 heavy (non-hydrogen) atoms. The molecule has 114 valence electrons. The fraction of sp³-hybridized carbons (Fsp3) is 0.375. The van der Waals surface area contributed by atoms with E-state index in [9.17, 15) is 9.59 Å². The molecule has 1 atom stereocenters. The molecule has 1 aromatic carbocycles. The van der Waals surface area contributed by atoms with Crippen LogP contribution in [0.1, 0.15) is 43.1 Å². The lowest BCUT2D eigenvalue weighted by molar-refractivity contribution is -0.131. The zero-order valence-electron chi connectivity index (χ0n) is 12.4. The number of carbonyl (C=O) groups is 2. The zero-order chi connectivity index (χ0) is 16.0. The van der Waals surface area contributed by atoms with Crippen LogP contribution in [0.2, 0.25) is 5.02 Å². The number of amides is 1. The first-order valence-electron chi connectivity index (χ1n) is 6.81. The summed E-state index contributed by atoms with van der Waals surface area (Å²) in [5, 5.41) is 11.8. The van der Waals surface area contributed by atoms with Crippen molar-refractivity contribution in [1.82, 2.24) is 5.32 Å². The minimum absolute atomic E-state index is 0.0860. The normalized spacial score (nSPS) is 12.6. The molecule has 4 nitrogen and oxygen atoms in total. The first-order chi connectivity index (χ1) is 9.79. The van der Waals surface area contributed by atoms with Gasteiger partial charge in [-0.15, -0.1) is 0 Å². The van der Waals surface area contributed by atoms with Crippen LogP contribution in [0.5, 0.6) is 0 Å². The number of halogens is 1. The Morgan fingerprint density at radius 2 is 2.00 bits per heavy atom. The summed E-state index contributed by atoms with van der Waals surface area (Å²) in [5.41, 5.74) is 1.02. The van der Waals surface area contributed by atoms with Crippen molar-refractivity contribution in [3.8, 4) is 0 Å². The van der Waals surface area contributed by atoms with E-state index in [0.717, 1.165) is 12.5 Å². The average Bonchev–Trinajstić information content (AvgIpc) is 2.35. The molecule has 0 fully saturated rings. The molecule has 1 aromatic rings. The Labute approximate surface area is 129 Å². The van der Waals surface area contributed by atoms with Crippen molar-refractivity contribution in [2.75, 3.05) is 0 Å². The van der Waals surface area contributed by atoms with E-state index < -0.39 is 5.97 Å². The van der Waals surface area contributed by atoms with Crippen LogP contribution < -0.4 is 5.32 Å². The lowest BCUT2D eigenvalue weighted by Gasteiger charge is -2.16. The number of benzene rings is 1. The molecule has 0 aliphatic rings. The van der Waals surface area contributed by atoms with Crippen molar-refractivity contribution < 1.29 is 14.7 Å². The van der Waals surface area contributed by atoms with Crippen LogP contribution in [0.3, 0.4) is 0 Å². The Morgan fingerprint density at radius 1 is 1.33 bits per heavy atom. The summed E-state index contributed by atoms with van der Waals surface area (Å²) in [6, 6.07) is 4.89. The molecular weight excluding hydrogens is 290 g/mol. The number of hydrogen-bond acceptors (Lipinski definition) is 2. The van der Waals surface area contributed by atoms with E-state index in [0.29, 0.717) is 22.1 Å². The minimum atomic E-state index is -1.05. The second-order valence-electron chi connectivity index (χ2n) is 5.41. The molecule has 1 unspecified atom stereocenters. The van der Waals surface area contributed by atoms with Gasteiger partial charge < -0.3 is 10.4 Å². The van der Waals surface area contributed by atoms with E-state index in [-0.39, 0.29) is 11.9 Å². The number of carboxylic acid groups (broad SMARTS) is 1. The largest absolute Gasteiger partial charge is 0.478 e. The van der Waals surface area contributed by atoms with Gasteiger partial charge in [0, 0.05) is 22.7 Å². The molecule has 0 bridgehead atoms. The third-order valence-electron chi connectivity index (χ3n) is 2.87. The van der Waals surface area contributed by atoms with Crippen molar-refractivity contribution in [3.63, 3.8) is 0 Å². The van der Waals surface area contributed by atoms with Crippen LogP contribution in [-0.4, -0.2) is 23.0 Å². The highest BCUT2D eigenvalue weighted by molar-refractivity contribution is 6.32. The van der Waals surface area contributed by atoms with E-state index in [1.807, 2.05) is 6.92 Å². The minimum Gasteiger partial charge on any atom is -0.478 e. The van der Waals surface area contributed by atoms with E-state index in [1.54, 1.807) is 18.2 Å². The highest BCUT2D eigenvalue weighted by Crippen LogP contribution is 2.19. The third-order valence-corrected chi connectivity index (χ3v) is 3.20. The molecule has 0 saturated heterocycles. The molecule has 0 aliphatic heterocycles. The van der Waals surface area contributed by atoms with Crippen molar-refractivity contribution in [1.29, 1.82) is 0 Å². The third kappa shape index (κ3) is 6.00. The van der Waals surface area contributed by atoms with Gasteiger partial charge in [0.15, 0.2) is 0 Å². The maximum Gasteiger partial charge on any atom is 0.328 e. The van der Waals surface area contributed by atoms with Gasteiger partial charge in [0.05, 0.1) is 0 Å². The highest BCUT2D eigenvalue weighted by atomic mass is 35.5. The Bertz CT molecular complexity index is 552. The van der Waals surface area contributed by atoms with Crippen LogP contribution in [0, 0.1) is 5.92 Å². The maximum atomic E-state index is 12.1. The molecule has 0 aliphatic carbocycles. The van der Waals surface area contributed by atoms with Crippen molar-refractivity contribution in [3.05, 3.63) is 40.4 Å². The SMILES string of the molecule is CC(C)CC(C)NC(=O)c1ccc(/C=C/C(=O)O)c(Cl)c1. The van der Waals surface area contributed by atoms with Crippen LogP contribution in [-0.2, 0) is 4.79 Å². The Hall–Kier alpha value is -1.81. The molecule has 0 radical (unpaired) electrons. The fourth-order valence-corrected chi connectivity index (χ4v) is 2.28. The van der Waals surface area contributed by atoms with Crippen molar-refractivity contribution >= 4 is 29.6 Å². The van der Waals surface area contributed by atoms with E-state index in [2.05, 4.69) is 19.2 Å². The van der Waals surface area contributed by atoms with Gasteiger partial charge in [0.2, 0.25) is 0 Å². The molecule has 1 amide bonds. The summed E-state index contributed by atoms with van der Waals surface area (Å²) in [6.45, 7) is 6.16. The van der Waals surface area contributed by atoms with E-state index in [4.69, 9.17) is 16.7 Å². The smallest absolute Gasteiger partial charge is 0.328 e. The van der Waals surface area contributed by atoms with Gasteiger partial charge in [-0.25, -0.2) is 4.79 Å². The summed E-state index contributed by atoms with van der Waals surface area (Å²) in [5.74, 6) is -0.721. The second kappa shape index (κ2) is 7.84. The summed E-state index contributed by atoms with van der Waals surface area (Å²) in [4.78, 5) is 22.6. The average molecular weight is 310 g/mol. The summed E-state index contributed by atoms with van der Waals surface area (Å²) < 4.78 is 0.